The predicted octanol–water partition coefficient (Wildman–Crippen LogP) is 4.95. The van der Waals surface area contributed by atoms with Crippen molar-refractivity contribution in [2.45, 2.75) is 43.1 Å². The average Bonchev–Trinajstić information content (AvgIpc) is 3.53. The van der Waals surface area contributed by atoms with Crippen LogP contribution in [-0.2, 0) is 14.8 Å². The standard InChI is InChI=1S/C24H26ClN3O4S2/c25-20-7-4-8-21-22(20)26-24(33-21)28(16-18-6-5-15-32-18)23(29)17-9-11-19(12-10-17)34(30,31)27-13-2-1-3-14-27/h4,7-12,18H,1-3,5-6,13-16H2. The maximum atomic E-state index is 13.6. The van der Waals surface area contributed by atoms with Gasteiger partial charge in [0.2, 0.25) is 10.0 Å². The van der Waals surface area contributed by atoms with E-state index in [1.165, 1.54) is 27.8 Å². The molecule has 1 unspecified atom stereocenters. The number of sulfonamides is 1. The second kappa shape index (κ2) is 9.91. The van der Waals surface area contributed by atoms with E-state index >= 15 is 0 Å². The number of fused-ring (bicyclic) bond motifs is 1. The van der Waals surface area contributed by atoms with Crippen LogP contribution < -0.4 is 4.90 Å². The molecule has 3 heterocycles. The molecule has 5 rings (SSSR count). The number of thiazole rings is 1. The van der Waals surface area contributed by atoms with Gasteiger partial charge in [-0.25, -0.2) is 13.4 Å². The van der Waals surface area contributed by atoms with E-state index in [0.717, 1.165) is 36.8 Å². The van der Waals surface area contributed by atoms with Crippen LogP contribution in [0.3, 0.4) is 0 Å². The number of aromatic nitrogens is 1. The smallest absolute Gasteiger partial charge is 0.260 e. The summed E-state index contributed by atoms with van der Waals surface area (Å²) < 4.78 is 34.2. The van der Waals surface area contributed by atoms with Crippen LogP contribution in [0.5, 0.6) is 0 Å². The third-order valence-corrected chi connectivity index (χ3v) is 9.56. The van der Waals surface area contributed by atoms with Crippen LogP contribution in [0.15, 0.2) is 47.4 Å². The van der Waals surface area contributed by atoms with E-state index in [1.807, 2.05) is 12.1 Å². The van der Waals surface area contributed by atoms with E-state index in [2.05, 4.69) is 4.98 Å². The largest absolute Gasteiger partial charge is 0.376 e. The number of carbonyl (C=O) groups excluding carboxylic acids is 1. The molecule has 0 N–H and O–H groups in total. The first-order valence-electron chi connectivity index (χ1n) is 11.5. The zero-order valence-electron chi connectivity index (χ0n) is 18.7. The maximum Gasteiger partial charge on any atom is 0.260 e. The van der Waals surface area contributed by atoms with Gasteiger partial charge in [-0.05, 0) is 62.1 Å². The minimum Gasteiger partial charge on any atom is -0.376 e. The Hall–Kier alpha value is -2.04. The molecule has 2 fully saturated rings. The number of amides is 1. The molecule has 0 saturated carbocycles. The fraction of sp³-hybridized carbons (Fsp3) is 0.417. The molecule has 10 heteroatoms. The van der Waals surface area contributed by atoms with Crippen molar-refractivity contribution in [1.29, 1.82) is 0 Å². The highest BCUT2D eigenvalue weighted by Gasteiger charge is 2.29. The fourth-order valence-electron chi connectivity index (χ4n) is 4.44. The monoisotopic (exact) mass is 519 g/mol. The van der Waals surface area contributed by atoms with E-state index in [1.54, 1.807) is 23.1 Å². The van der Waals surface area contributed by atoms with E-state index in [0.29, 0.717) is 47.5 Å². The Labute approximate surface area is 208 Å². The molecule has 0 spiro atoms. The highest BCUT2D eigenvalue weighted by atomic mass is 35.5. The maximum absolute atomic E-state index is 13.6. The molecule has 2 saturated heterocycles. The second-order valence-electron chi connectivity index (χ2n) is 8.62. The topological polar surface area (TPSA) is 79.8 Å². The molecule has 0 bridgehead atoms. The van der Waals surface area contributed by atoms with Gasteiger partial charge in [0, 0.05) is 25.3 Å². The Bertz CT molecular complexity index is 1280. The first kappa shape index (κ1) is 23.7. The number of carbonyl (C=O) groups is 1. The van der Waals surface area contributed by atoms with Crippen molar-refractivity contribution in [1.82, 2.24) is 9.29 Å². The number of nitrogens with zero attached hydrogens (tertiary/aromatic N) is 3. The zero-order chi connectivity index (χ0) is 23.7. The van der Waals surface area contributed by atoms with Gasteiger partial charge in [0.05, 0.1) is 27.3 Å². The van der Waals surface area contributed by atoms with Crippen LogP contribution in [0.1, 0.15) is 42.5 Å². The third kappa shape index (κ3) is 4.72. The SMILES string of the molecule is O=C(c1ccc(S(=O)(=O)N2CCCCC2)cc1)N(CC1CCCO1)c1nc2c(Cl)cccc2s1. The van der Waals surface area contributed by atoms with Gasteiger partial charge >= 0.3 is 0 Å². The second-order valence-corrected chi connectivity index (χ2v) is 12.0. The van der Waals surface area contributed by atoms with Gasteiger partial charge in [-0.2, -0.15) is 4.31 Å². The van der Waals surface area contributed by atoms with Gasteiger partial charge in [0.25, 0.3) is 5.91 Å². The number of halogens is 1. The molecule has 34 heavy (non-hydrogen) atoms. The molecule has 2 aromatic carbocycles. The number of para-hydroxylation sites is 1. The third-order valence-electron chi connectivity index (χ3n) is 6.30. The highest BCUT2D eigenvalue weighted by molar-refractivity contribution is 7.89. The van der Waals surface area contributed by atoms with Crippen LogP contribution in [0.4, 0.5) is 5.13 Å². The Balaban J connectivity index is 1.44. The summed E-state index contributed by atoms with van der Waals surface area (Å²) in [5, 5.41) is 1.09. The van der Waals surface area contributed by atoms with Gasteiger partial charge in [0.15, 0.2) is 5.13 Å². The van der Waals surface area contributed by atoms with Crippen LogP contribution in [0.2, 0.25) is 5.02 Å². The molecule has 0 radical (unpaired) electrons. The zero-order valence-corrected chi connectivity index (χ0v) is 21.0. The fourth-order valence-corrected chi connectivity index (χ4v) is 7.23. The van der Waals surface area contributed by atoms with E-state index in [4.69, 9.17) is 16.3 Å². The lowest BCUT2D eigenvalue weighted by atomic mass is 10.2. The van der Waals surface area contributed by atoms with Crippen molar-refractivity contribution < 1.29 is 17.9 Å². The van der Waals surface area contributed by atoms with Crippen LogP contribution in [0, 0.1) is 0 Å². The van der Waals surface area contributed by atoms with Gasteiger partial charge in [-0.1, -0.05) is 35.4 Å². The van der Waals surface area contributed by atoms with Crippen molar-refractivity contribution >= 4 is 54.2 Å². The van der Waals surface area contributed by atoms with Crippen molar-refractivity contribution in [2.75, 3.05) is 31.1 Å². The summed E-state index contributed by atoms with van der Waals surface area (Å²) in [6.07, 6.45) is 4.58. The van der Waals surface area contributed by atoms with Crippen molar-refractivity contribution in [2.24, 2.45) is 0 Å². The predicted molar refractivity (Wildman–Crippen MR) is 134 cm³/mol. The quantitative estimate of drug-likeness (QED) is 0.460. The van der Waals surface area contributed by atoms with Crippen molar-refractivity contribution in [3.8, 4) is 0 Å². The summed E-state index contributed by atoms with van der Waals surface area (Å²) in [4.78, 5) is 20.1. The molecular weight excluding hydrogens is 494 g/mol. The average molecular weight is 520 g/mol. The summed E-state index contributed by atoms with van der Waals surface area (Å²) in [7, 11) is -3.55. The molecule has 1 amide bonds. The molecule has 1 atom stereocenters. The highest BCUT2D eigenvalue weighted by Crippen LogP contribution is 2.34. The molecule has 7 nitrogen and oxygen atoms in total. The summed E-state index contributed by atoms with van der Waals surface area (Å²) >= 11 is 7.72. The van der Waals surface area contributed by atoms with Gasteiger partial charge < -0.3 is 4.74 Å². The van der Waals surface area contributed by atoms with Gasteiger partial charge in [-0.15, -0.1) is 0 Å². The molecule has 3 aromatic rings. The summed E-state index contributed by atoms with van der Waals surface area (Å²) in [5.41, 5.74) is 1.07. The summed E-state index contributed by atoms with van der Waals surface area (Å²) in [6, 6.07) is 11.8. The Morgan fingerprint density at radius 1 is 1.12 bits per heavy atom. The van der Waals surface area contributed by atoms with Crippen molar-refractivity contribution in [3.63, 3.8) is 0 Å². The number of rotatable bonds is 6. The minimum atomic E-state index is -3.55. The summed E-state index contributed by atoms with van der Waals surface area (Å²) in [6.45, 7) is 2.14. The lowest BCUT2D eigenvalue weighted by Gasteiger charge is -2.26. The molecule has 0 aliphatic carbocycles. The number of anilines is 1. The lowest BCUT2D eigenvalue weighted by Crippen LogP contribution is -2.37. The number of ether oxygens (including phenoxy) is 1. The van der Waals surface area contributed by atoms with Gasteiger partial charge in [-0.3, -0.25) is 9.69 Å². The van der Waals surface area contributed by atoms with Crippen LogP contribution in [0.25, 0.3) is 10.2 Å². The van der Waals surface area contributed by atoms with Crippen molar-refractivity contribution in [3.05, 3.63) is 53.1 Å². The Kier molecular flexibility index (Phi) is 6.90. The Morgan fingerprint density at radius 2 is 1.88 bits per heavy atom. The van der Waals surface area contributed by atoms with E-state index in [9.17, 15) is 13.2 Å². The number of piperidine rings is 1. The first-order chi connectivity index (χ1) is 16.4. The van der Waals surface area contributed by atoms with Gasteiger partial charge in [0.1, 0.15) is 5.52 Å². The van der Waals surface area contributed by atoms with E-state index < -0.39 is 10.0 Å². The minimum absolute atomic E-state index is 0.0646. The number of benzene rings is 2. The van der Waals surface area contributed by atoms with E-state index in [-0.39, 0.29) is 16.9 Å². The summed E-state index contributed by atoms with van der Waals surface area (Å²) in [5.74, 6) is -0.243. The number of hydrogen-bond acceptors (Lipinski definition) is 6. The molecule has 1 aromatic heterocycles. The molecule has 2 aliphatic heterocycles. The molecule has 180 valence electrons. The van der Waals surface area contributed by atoms with Crippen LogP contribution in [-0.4, -0.2) is 56.0 Å². The van der Waals surface area contributed by atoms with Crippen LogP contribution >= 0.6 is 22.9 Å². The lowest BCUT2D eigenvalue weighted by molar-refractivity contribution is 0.0917. The number of hydrogen-bond donors (Lipinski definition) is 0. The normalized spacial score (nSPS) is 19.5. The Morgan fingerprint density at radius 3 is 2.56 bits per heavy atom. The first-order valence-corrected chi connectivity index (χ1v) is 14.2. The molecule has 2 aliphatic rings. The molecular formula is C24H26ClN3O4S2.